The summed E-state index contributed by atoms with van der Waals surface area (Å²) in [6.07, 6.45) is 0.723. The van der Waals surface area contributed by atoms with Crippen LogP contribution in [0.2, 0.25) is 0 Å². The lowest BCUT2D eigenvalue weighted by Gasteiger charge is -2.42. The Hall–Kier alpha value is -3.19. The highest BCUT2D eigenvalue weighted by atomic mass is 32.2. The van der Waals surface area contributed by atoms with E-state index in [1.807, 2.05) is 0 Å². The number of nitrogens with zero attached hydrogens (tertiary/aromatic N) is 3. The van der Waals surface area contributed by atoms with Gasteiger partial charge in [0.15, 0.2) is 9.84 Å². The number of nitrogens with one attached hydrogen (secondary N) is 1. The third-order valence-electron chi connectivity index (χ3n) is 7.87. The number of rotatable bonds is 7. The first-order chi connectivity index (χ1) is 19.4. The van der Waals surface area contributed by atoms with Crippen LogP contribution < -0.4 is 5.32 Å². The van der Waals surface area contributed by atoms with E-state index in [1.54, 1.807) is 0 Å². The van der Waals surface area contributed by atoms with E-state index in [4.69, 9.17) is 0 Å². The molecule has 0 amide bonds. The SMILES string of the molecule is O=S(=O)(Cc1ccncn1)c1cc(F)c(N[C@H]2CC[C@H](c3cc(C(F)(F)F)ccc3F)C[C@@H]2N2CCCC2)cc1F. The first-order valence-electron chi connectivity index (χ1n) is 13.3. The van der Waals surface area contributed by atoms with Crippen molar-refractivity contribution in [1.29, 1.82) is 0 Å². The monoisotopic (exact) mass is 598 g/mol. The molecule has 2 aromatic carbocycles. The molecule has 220 valence electrons. The second-order valence-corrected chi connectivity index (χ2v) is 12.5. The van der Waals surface area contributed by atoms with Gasteiger partial charge in [-0.3, -0.25) is 4.90 Å². The average Bonchev–Trinajstić information content (AvgIpc) is 3.46. The van der Waals surface area contributed by atoms with Crippen molar-refractivity contribution in [3.8, 4) is 0 Å². The molecule has 0 bridgehead atoms. The molecule has 6 nitrogen and oxygen atoms in total. The molecule has 3 atom stereocenters. The predicted octanol–water partition coefficient (Wildman–Crippen LogP) is 6.10. The first-order valence-corrected chi connectivity index (χ1v) is 14.9. The summed E-state index contributed by atoms with van der Waals surface area (Å²) in [7, 11) is -4.25. The van der Waals surface area contributed by atoms with Crippen LogP contribution in [0, 0.1) is 17.5 Å². The Morgan fingerprint density at radius 3 is 2.39 bits per heavy atom. The van der Waals surface area contributed by atoms with Crippen LogP contribution in [0.1, 0.15) is 54.8 Å². The molecule has 2 heterocycles. The number of benzene rings is 2. The van der Waals surface area contributed by atoms with E-state index >= 15 is 8.78 Å². The molecule has 41 heavy (non-hydrogen) atoms. The van der Waals surface area contributed by atoms with E-state index in [2.05, 4.69) is 20.2 Å². The number of aromatic nitrogens is 2. The molecule has 1 saturated heterocycles. The van der Waals surface area contributed by atoms with Crippen LogP contribution in [-0.2, 0) is 21.8 Å². The van der Waals surface area contributed by atoms with Gasteiger partial charge in [0, 0.05) is 24.3 Å². The van der Waals surface area contributed by atoms with E-state index in [9.17, 15) is 26.0 Å². The van der Waals surface area contributed by atoms with E-state index in [0.29, 0.717) is 25.3 Å². The molecule has 2 aliphatic rings. The number of alkyl halides is 3. The summed E-state index contributed by atoms with van der Waals surface area (Å²) in [5.41, 5.74) is -1.01. The molecule has 1 saturated carbocycles. The molecule has 1 aliphatic carbocycles. The maximum Gasteiger partial charge on any atom is 0.416 e. The van der Waals surface area contributed by atoms with Crippen molar-refractivity contribution in [2.75, 3.05) is 18.4 Å². The fourth-order valence-electron chi connectivity index (χ4n) is 5.86. The fourth-order valence-corrected chi connectivity index (χ4v) is 7.22. The van der Waals surface area contributed by atoms with Crippen molar-refractivity contribution in [2.24, 2.45) is 0 Å². The highest BCUT2D eigenvalue weighted by molar-refractivity contribution is 7.90. The van der Waals surface area contributed by atoms with Crippen LogP contribution in [0.4, 0.5) is 32.0 Å². The molecular formula is C28H28F6N4O2S. The summed E-state index contributed by atoms with van der Waals surface area (Å²) in [4.78, 5) is 8.89. The standard InChI is InChI=1S/C28H28F6N4O2S/c29-21-5-4-18(28(32,33)34)12-20(21)17-3-6-24(26(11-17)38-9-1-2-10-38)37-25-13-23(31)27(14-22(25)30)41(39,40)15-19-7-8-35-16-36-19/h4-5,7-8,12-14,16-17,24,26,37H,1-3,6,9-11,15H2/t17-,24-,26-/m0/s1. The number of likely N-dealkylation sites (tertiary alicyclic amines) is 1. The van der Waals surface area contributed by atoms with E-state index < -0.39 is 61.6 Å². The number of hydrogen-bond acceptors (Lipinski definition) is 6. The van der Waals surface area contributed by atoms with Crippen molar-refractivity contribution in [2.45, 2.75) is 66.9 Å². The zero-order valence-corrected chi connectivity index (χ0v) is 22.7. The van der Waals surface area contributed by atoms with Gasteiger partial charge in [0.2, 0.25) is 0 Å². The van der Waals surface area contributed by atoms with Gasteiger partial charge in [0.25, 0.3) is 0 Å². The zero-order valence-electron chi connectivity index (χ0n) is 21.8. The van der Waals surface area contributed by atoms with Crippen molar-refractivity contribution >= 4 is 15.5 Å². The maximum absolute atomic E-state index is 15.2. The molecule has 3 aromatic rings. The Balaban J connectivity index is 1.38. The van der Waals surface area contributed by atoms with Crippen molar-refractivity contribution in [3.63, 3.8) is 0 Å². The van der Waals surface area contributed by atoms with Crippen molar-refractivity contribution < 1.29 is 34.8 Å². The molecule has 0 spiro atoms. The van der Waals surface area contributed by atoms with Crippen LogP contribution >= 0.6 is 0 Å². The second kappa shape index (κ2) is 11.6. The lowest BCUT2D eigenvalue weighted by Crippen LogP contribution is -2.49. The highest BCUT2D eigenvalue weighted by Gasteiger charge is 2.39. The second-order valence-electron chi connectivity index (χ2n) is 10.5. The van der Waals surface area contributed by atoms with Gasteiger partial charge in [0.1, 0.15) is 28.7 Å². The van der Waals surface area contributed by atoms with Gasteiger partial charge >= 0.3 is 6.18 Å². The molecule has 0 unspecified atom stereocenters. The van der Waals surface area contributed by atoms with Gasteiger partial charge in [-0.25, -0.2) is 31.6 Å². The fraction of sp³-hybridized carbons (Fsp3) is 0.429. The first kappa shape index (κ1) is 29.3. The quantitative estimate of drug-likeness (QED) is 0.332. The van der Waals surface area contributed by atoms with Crippen LogP contribution in [0.15, 0.2) is 53.8 Å². The third kappa shape index (κ3) is 6.50. The topological polar surface area (TPSA) is 75.2 Å². The van der Waals surface area contributed by atoms with Crippen LogP contribution in [-0.4, -0.2) is 48.5 Å². The summed E-state index contributed by atoms with van der Waals surface area (Å²) in [6, 6.07) is 4.53. The third-order valence-corrected chi connectivity index (χ3v) is 9.53. The Morgan fingerprint density at radius 1 is 0.951 bits per heavy atom. The molecular weight excluding hydrogens is 570 g/mol. The smallest absolute Gasteiger partial charge is 0.378 e. The van der Waals surface area contributed by atoms with Crippen molar-refractivity contribution in [3.05, 3.63) is 83.2 Å². The molecule has 2 fully saturated rings. The van der Waals surface area contributed by atoms with Gasteiger partial charge in [-0.05, 0) is 87.0 Å². The van der Waals surface area contributed by atoms with Gasteiger partial charge in [-0.15, -0.1) is 0 Å². The lowest BCUT2D eigenvalue weighted by molar-refractivity contribution is -0.137. The Labute approximate surface area is 233 Å². The normalized spacial score (nSPS) is 22.1. The number of halogens is 6. The molecule has 1 aromatic heterocycles. The van der Waals surface area contributed by atoms with Crippen molar-refractivity contribution in [1.82, 2.24) is 14.9 Å². The highest BCUT2D eigenvalue weighted by Crippen LogP contribution is 2.41. The molecule has 0 radical (unpaired) electrons. The largest absolute Gasteiger partial charge is 0.416 e. The Morgan fingerprint density at radius 2 is 1.71 bits per heavy atom. The van der Waals surface area contributed by atoms with Gasteiger partial charge in [-0.2, -0.15) is 13.2 Å². The zero-order chi connectivity index (χ0) is 29.4. The summed E-state index contributed by atoms with van der Waals surface area (Å²) in [5, 5.41) is 3.02. The maximum atomic E-state index is 15.2. The van der Waals surface area contributed by atoms with Crippen LogP contribution in [0.25, 0.3) is 0 Å². The summed E-state index contributed by atoms with van der Waals surface area (Å²) in [6.45, 7) is 1.44. The van der Waals surface area contributed by atoms with E-state index in [0.717, 1.165) is 56.5 Å². The predicted molar refractivity (Wildman–Crippen MR) is 139 cm³/mol. The van der Waals surface area contributed by atoms with Gasteiger partial charge < -0.3 is 5.32 Å². The average molecular weight is 599 g/mol. The number of sulfone groups is 1. The number of hydrogen-bond donors (Lipinski definition) is 1. The summed E-state index contributed by atoms with van der Waals surface area (Å²) < 4.78 is 111. The lowest BCUT2D eigenvalue weighted by atomic mass is 9.77. The molecule has 1 N–H and O–H groups in total. The molecule has 13 heteroatoms. The number of anilines is 1. The minimum atomic E-state index is -4.61. The van der Waals surface area contributed by atoms with Crippen LogP contribution in [0.3, 0.4) is 0 Å². The van der Waals surface area contributed by atoms with Crippen LogP contribution in [0.5, 0.6) is 0 Å². The summed E-state index contributed by atoms with van der Waals surface area (Å²) >= 11 is 0. The molecule has 5 rings (SSSR count). The van der Waals surface area contributed by atoms with Gasteiger partial charge in [-0.1, -0.05) is 0 Å². The summed E-state index contributed by atoms with van der Waals surface area (Å²) in [5.74, 6) is -3.91. The van der Waals surface area contributed by atoms with E-state index in [-0.39, 0.29) is 23.0 Å². The molecule has 1 aliphatic heterocycles. The minimum absolute atomic E-state index is 0.00190. The minimum Gasteiger partial charge on any atom is -0.378 e. The Bertz CT molecular complexity index is 1500. The van der Waals surface area contributed by atoms with E-state index in [1.165, 1.54) is 12.3 Å². The van der Waals surface area contributed by atoms with Gasteiger partial charge in [0.05, 0.1) is 22.7 Å². The Kier molecular flexibility index (Phi) is 8.29.